The van der Waals surface area contributed by atoms with E-state index in [1.165, 1.54) is 0 Å². The molecule has 0 aliphatic carbocycles. The largest absolute Gasteiger partial charge is 0.385 e. The van der Waals surface area contributed by atoms with Gasteiger partial charge in [0.15, 0.2) is 0 Å². The van der Waals surface area contributed by atoms with Crippen molar-refractivity contribution in [1.29, 1.82) is 0 Å². The minimum atomic E-state index is 0.237. The van der Waals surface area contributed by atoms with Gasteiger partial charge in [-0.2, -0.15) is 0 Å². The Morgan fingerprint density at radius 1 is 1.32 bits per heavy atom. The zero-order valence-electron chi connectivity index (χ0n) is 11.4. The van der Waals surface area contributed by atoms with Crippen molar-refractivity contribution >= 4 is 17.0 Å². The van der Waals surface area contributed by atoms with E-state index in [1.54, 1.807) is 18.4 Å². The molecule has 102 valence electrons. The molecular formula is C15H20N2OS. The molecule has 1 heterocycles. The van der Waals surface area contributed by atoms with Crippen LogP contribution < -0.4 is 5.32 Å². The fourth-order valence-corrected chi connectivity index (χ4v) is 2.72. The van der Waals surface area contributed by atoms with E-state index in [1.807, 2.05) is 18.2 Å². The standard InChI is InChI=1S/C15H20N2OS/c1-12(18-2)10-15-17-14(11-19-15)8-9-16-13-6-4-3-5-7-13/h3-7,11-12,16H,8-10H2,1-2H3. The number of hydrogen-bond acceptors (Lipinski definition) is 4. The molecule has 4 heteroatoms. The van der Waals surface area contributed by atoms with Gasteiger partial charge in [-0.15, -0.1) is 11.3 Å². The fraction of sp³-hybridized carbons (Fsp3) is 0.400. The van der Waals surface area contributed by atoms with Crippen LogP contribution in [0.2, 0.25) is 0 Å². The smallest absolute Gasteiger partial charge is 0.0954 e. The van der Waals surface area contributed by atoms with Crippen molar-refractivity contribution in [2.45, 2.75) is 25.9 Å². The van der Waals surface area contributed by atoms with Gasteiger partial charge in [0.1, 0.15) is 0 Å². The Kier molecular flexibility index (Phi) is 5.36. The van der Waals surface area contributed by atoms with Crippen LogP contribution in [0, 0.1) is 0 Å². The molecule has 0 spiro atoms. The fourth-order valence-electron chi connectivity index (χ4n) is 1.78. The topological polar surface area (TPSA) is 34.1 Å². The number of rotatable bonds is 7. The molecule has 1 unspecified atom stereocenters. The second kappa shape index (κ2) is 7.26. The lowest BCUT2D eigenvalue weighted by Gasteiger charge is -2.06. The molecule has 1 aromatic carbocycles. The predicted octanol–water partition coefficient (Wildman–Crippen LogP) is 3.38. The van der Waals surface area contributed by atoms with Gasteiger partial charge in [0, 0.05) is 37.6 Å². The number of aromatic nitrogens is 1. The lowest BCUT2D eigenvalue weighted by Crippen LogP contribution is -2.09. The Bertz CT molecular complexity index is 484. The number of ether oxygens (including phenoxy) is 1. The van der Waals surface area contributed by atoms with Crippen LogP contribution in [0.1, 0.15) is 17.6 Å². The molecule has 0 aliphatic rings. The number of thiazole rings is 1. The summed E-state index contributed by atoms with van der Waals surface area (Å²) in [6.45, 7) is 2.98. The Morgan fingerprint density at radius 2 is 2.11 bits per heavy atom. The maximum Gasteiger partial charge on any atom is 0.0954 e. The van der Waals surface area contributed by atoms with Crippen LogP contribution in [0.4, 0.5) is 5.69 Å². The molecule has 0 fully saturated rings. The minimum Gasteiger partial charge on any atom is -0.385 e. The highest BCUT2D eigenvalue weighted by Crippen LogP contribution is 2.13. The molecule has 1 N–H and O–H groups in total. The van der Waals surface area contributed by atoms with Gasteiger partial charge in [0.2, 0.25) is 0 Å². The van der Waals surface area contributed by atoms with Crippen LogP contribution in [-0.4, -0.2) is 24.7 Å². The summed E-state index contributed by atoms with van der Waals surface area (Å²) in [6, 6.07) is 10.2. The summed E-state index contributed by atoms with van der Waals surface area (Å²) in [4.78, 5) is 4.63. The zero-order valence-corrected chi connectivity index (χ0v) is 12.2. The molecule has 0 saturated heterocycles. The number of anilines is 1. The number of benzene rings is 1. The summed E-state index contributed by atoms with van der Waals surface area (Å²) in [7, 11) is 1.74. The molecule has 0 aliphatic heterocycles. The Hall–Kier alpha value is -1.39. The van der Waals surface area contributed by atoms with E-state index in [-0.39, 0.29) is 6.10 Å². The number of nitrogens with zero attached hydrogens (tertiary/aromatic N) is 1. The molecule has 0 saturated carbocycles. The van der Waals surface area contributed by atoms with Crippen LogP contribution in [0.5, 0.6) is 0 Å². The van der Waals surface area contributed by atoms with Crippen LogP contribution in [0.25, 0.3) is 0 Å². The van der Waals surface area contributed by atoms with Crippen molar-refractivity contribution in [2.24, 2.45) is 0 Å². The number of nitrogens with one attached hydrogen (secondary N) is 1. The van der Waals surface area contributed by atoms with Crippen molar-refractivity contribution in [3.63, 3.8) is 0 Å². The lowest BCUT2D eigenvalue weighted by molar-refractivity contribution is 0.118. The average molecular weight is 276 g/mol. The first-order valence-electron chi connectivity index (χ1n) is 6.53. The van der Waals surface area contributed by atoms with Crippen molar-refractivity contribution in [2.75, 3.05) is 19.0 Å². The molecule has 1 aromatic heterocycles. The third-order valence-electron chi connectivity index (χ3n) is 2.95. The molecule has 19 heavy (non-hydrogen) atoms. The van der Waals surface area contributed by atoms with Gasteiger partial charge in [-0.25, -0.2) is 4.98 Å². The SMILES string of the molecule is COC(C)Cc1nc(CCNc2ccccc2)cs1. The summed E-state index contributed by atoms with van der Waals surface area (Å²) in [6.07, 6.45) is 2.08. The van der Waals surface area contributed by atoms with E-state index in [2.05, 4.69) is 34.7 Å². The summed E-state index contributed by atoms with van der Waals surface area (Å²) >= 11 is 1.72. The molecule has 0 radical (unpaired) electrons. The molecule has 3 nitrogen and oxygen atoms in total. The van der Waals surface area contributed by atoms with Gasteiger partial charge in [0.05, 0.1) is 16.8 Å². The van der Waals surface area contributed by atoms with E-state index in [0.717, 1.165) is 35.8 Å². The Balaban J connectivity index is 1.77. The summed E-state index contributed by atoms with van der Waals surface area (Å²) in [5.41, 5.74) is 2.32. The normalized spacial score (nSPS) is 12.3. The third kappa shape index (κ3) is 4.65. The summed E-state index contributed by atoms with van der Waals surface area (Å²) in [5.74, 6) is 0. The van der Waals surface area contributed by atoms with Crippen LogP contribution >= 0.6 is 11.3 Å². The Morgan fingerprint density at radius 3 is 2.84 bits per heavy atom. The van der Waals surface area contributed by atoms with Crippen LogP contribution in [-0.2, 0) is 17.6 Å². The van der Waals surface area contributed by atoms with E-state index < -0.39 is 0 Å². The van der Waals surface area contributed by atoms with Crippen molar-refractivity contribution in [3.05, 3.63) is 46.4 Å². The molecule has 2 aromatic rings. The quantitative estimate of drug-likeness (QED) is 0.842. The van der Waals surface area contributed by atoms with E-state index in [4.69, 9.17) is 4.74 Å². The number of methoxy groups -OCH3 is 1. The first-order chi connectivity index (χ1) is 9.28. The van der Waals surface area contributed by atoms with Gasteiger partial charge in [-0.05, 0) is 19.1 Å². The predicted molar refractivity (Wildman–Crippen MR) is 80.9 cm³/mol. The Labute approximate surface area is 118 Å². The molecule has 1 atom stereocenters. The second-order valence-electron chi connectivity index (χ2n) is 4.53. The highest BCUT2D eigenvalue weighted by molar-refractivity contribution is 7.09. The summed E-state index contributed by atoms with van der Waals surface area (Å²) in [5, 5.41) is 6.69. The van der Waals surface area contributed by atoms with Crippen molar-refractivity contribution < 1.29 is 4.74 Å². The van der Waals surface area contributed by atoms with Crippen molar-refractivity contribution in [3.8, 4) is 0 Å². The van der Waals surface area contributed by atoms with Gasteiger partial charge >= 0.3 is 0 Å². The molecule has 0 amide bonds. The average Bonchev–Trinajstić information content (AvgIpc) is 2.87. The van der Waals surface area contributed by atoms with E-state index >= 15 is 0 Å². The van der Waals surface area contributed by atoms with Gasteiger partial charge < -0.3 is 10.1 Å². The molecular weight excluding hydrogens is 256 g/mol. The number of para-hydroxylation sites is 1. The first-order valence-corrected chi connectivity index (χ1v) is 7.41. The van der Waals surface area contributed by atoms with Gasteiger partial charge in [-0.3, -0.25) is 0 Å². The van der Waals surface area contributed by atoms with Gasteiger partial charge in [-0.1, -0.05) is 18.2 Å². The molecule has 0 bridgehead atoms. The third-order valence-corrected chi connectivity index (χ3v) is 3.87. The maximum absolute atomic E-state index is 5.26. The maximum atomic E-state index is 5.26. The highest BCUT2D eigenvalue weighted by Gasteiger charge is 2.06. The summed E-state index contributed by atoms with van der Waals surface area (Å²) < 4.78 is 5.26. The monoisotopic (exact) mass is 276 g/mol. The minimum absolute atomic E-state index is 0.237. The molecule has 2 rings (SSSR count). The highest BCUT2D eigenvalue weighted by atomic mass is 32.1. The van der Waals surface area contributed by atoms with Crippen molar-refractivity contribution in [1.82, 2.24) is 4.98 Å². The number of hydrogen-bond donors (Lipinski definition) is 1. The van der Waals surface area contributed by atoms with Gasteiger partial charge in [0.25, 0.3) is 0 Å². The first kappa shape index (κ1) is 14.0. The zero-order chi connectivity index (χ0) is 13.5. The van der Waals surface area contributed by atoms with E-state index in [0.29, 0.717) is 0 Å². The van der Waals surface area contributed by atoms with Crippen LogP contribution in [0.3, 0.4) is 0 Å². The second-order valence-corrected chi connectivity index (χ2v) is 5.47. The van der Waals surface area contributed by atoms with E-state index in [9.17, 15) is 0 Å². The van der Waals surface area contributed by atoms with Crippen LogP contribution in [0.15, 0.2) is 35.7 Å². The lowest BCUT2D eigenvalue weighted by atomic mass is 10.3.